The zero-order valence-electron chi connectivity index (χ0n) is 12.8. The molecule has 0 amide bonds. The van der Waals surface area contributed by atoms with Crippen molar-refractivity contribution in [2.45, 2.75) is 35.2 Å². The zero-order chi connectivity index (χ0) is 17.5. The number of ether oxygens (including phenoxy) is 1. The number of hydrogen-bond donors (Lipinski definition) is 1. The van der Waals surface area contributed by atoms with E-state index in [1.807, 2.05) is 6.92 Å². The second-order valence-corrected chi connectivity index (χ2v) is 9.78. The first-order valence-corrected chi connectivity index (χ1v) is 10.2. The molecular weight excluding hydrogens is 364 g/mol. The van der Waals surface area contributed by atoms with Crippen LogP contribution in [0.3, 0.4) is 0 Å². The van der Waals surface area contributed by atoms with E-state index >= 15 is 0 Å². The predicted octanol–water partition coefficient (Wildman–Crippen LogP) is 1.18. The average molecular weight is 383 g/mol. The Hall–Kier alpha value is -0.710. The van der Waals surface area contributed by atoms with Crippen LogP contribution in [0.25, 0.3) is 0 Å². The normalized spacial score (nSPS) is 22.7. The first-order valence-electron chi connectivity index (χ1n) is 6.88. The number of nitrogens with zero attached hydrogens (tertiary/aromatic N) is 1. The first kappa shape index (κ1) is 18.6. The Morgan fingerprint density at radius 2 is 2.00 bits per heavy atom. The predicted molar refractivity (Wildman–Crippen MR) is 86.2 cm³/mol. The lowest BCUT2D eigenvalue weighted by atomic mass is 10.0. The van der Waals surface area contributed by atoms with Gasteiger partial charge in [0, 0.05) is 20.2 Å². The summed E-state index contributed by atoms with van der Waals surface area (Å²) in [5.74, 6) is 0. The minimum atomic E-state index is -4.00. The fourth-order valence-electron chi connectivity index (χ4n) is 2.57. The summed E-state index contributed by atoms with van der Waals surface area (Å²) in [7, 11) is -6.37. The molecule has 0 aromatic heterocycles. The number of halogens is 1. The second kappa shape index (κ2) is 6.30. The van der Waals surface area contributed by atoms with Crippen LogP contribution in [0.15, 0.2) is 28.0 Å². The number of benzene rings is 1. The molecule has 0 bridgehead atoms. The second-order valence-electron chi connectivity index (χ2n) is 5.80. The first-order chi connectivity index (χ1) is 10.5. The SMILES string of the molecule is CN(CC1(C)CCCO1)S(=O)(=O)c1ccc(S(N)(=O)=O)c(Cl)c1. The van der Waals surface area contributed by atoms with E-state index in [0.717, 1.165) is 25.0 Å². The maximum atomic E-state index is 12.6. The molecule has 1 saturated heterocycles. The van der Waals surface area contributed by atoms with Crippen LogP contribution in [0.2, 0.25) is 5.02 Å². The van der Waals surface area contributed by atoms with Crippen molar-refractivity contribution in [1.29, 1.82) is 0 Å². The van der Waals surface area contributed by atoms with Gasteiger partial charge < -0.3 is 4.74 Å². The highest BCUT2D eigenvalue weighted by atomic mass is 35.5. The number of primary sulfonamides is 1. The van der Waals surface area contributed by atoms with Gasteiger partial charge in [0.15, 0.2) is 0 Å². The molecule has 1 heterocycles. The molecule has 1 atom stereocenters. The van der Waals surface area contributed by atoms with Crippen molar-refractivity contribution in [3.63, 3.8) is 0 Å². The van der Waals surface area contributed by atoms with Gasteiger partial charge in [0.1, 0.15) is 4.90 Å². The van der Waals surface area contributed by atoms with Crippen LogP contribution in [-0.2, 0) is 24.8 Å². The Balaban J connectivity index is 2.31. The average Bonchev–Trinajstić information content (AvgIpc) is 2.83. The third-order valence-corrected chi connectivity index (χ3v) is 6.97. The van der Waals surface area contributed by atoms with Crippen LogP contribution in [0.4, 0.5) is 0 Å². The quantitative estimate of drug-likeness (QED) is 0.822. The lowest BCUT2D eigenvalue weighted by Gasteiger charge is -2.28. The number of likely N-dealkylation sites (N-methyl/N-ethyl adjacent to an activating group) is 1. The molecule has 23 heavy (non-hydrogen) atoms. The molecule has 1 unspecified atom stereocenters. The molecule has 1 aromatic carbocycles. The van der Waals surface area contributed by atoms with Crippen LogP contribution in [-0.4, -0.2) is 46.9 Å². The monoisotopic (exact) mass is 382 g/mol. The van der Waals surface area contributed by atoms with Crippen LogP contribution >= 0.6 is 11.6 Å². The van der Waals surface area contributed by atoms with E-state index < -0.39 is 25.6 Å². The maximum absolute atomic E-state index is 12.6. The van der Waals surface area contributed by atoms with Crippen molar-refractivity contribution in [3.05, 3.63) is 23.2 Å². The summed E-state index contributed by atoms with van der Waals surface area (Å²) in [6, 6.07) is 3.35. The number of sulfonamides is 2. The van der Waals surface area contributed by atoms with E-state index in [1.165, 1.54) is 17.4 Å². The van der Waals surface area contributed by atoms with Gasteiger partial charge in [0.2, 0.25) is 20.0 Å². The lowest BCUT2D eigenvalue weighted by Crippen LogP contribution is -2.41. The summed E-state index contributed by atoms with van der Waals surface area (Å²) in [6.45, 7) is 2.67. The van der Waals surface area contributed by atoms with Crippen molar-refractivity contribution in [1.82, 2.24) is 4.31 Å². The van der Waals surface area contributed by atoms with Crippen molar-refractivity contribution in [2.24, 2.45) is 5.14 Å². The van der Waals surface area contributed by atoms with Gasteiger partial charge in [-0.05, 0) is 38.0 Å². The van der Waals surface area contributed by atoms with Crippen LogP contribution < -0.4 is 5.14 Å². The zero-order valence-corrected chi connectivity index (χ0v) is 15.2. The highest BCUT2D eigenvalue weighted by molar-refractivity contribution is 7.89. The Bertz CT molecular complexity index is 802. The maximum Gasteiger partial charge on any atom is 0.242 e. The molecule has 1 aliphatic rings. The van der Waals surface area contributed by atoms with Gasteiger partial charge in [-0.15, -0.1) is 0 Å². The van der Waals surface area contributed by atoms with Crippen molar-refractivity contribution < 1.29 is 21.6 Å². The Labute approximate surface area is 141 Å². The number of nitrogens with two attached hydrogens (primary N) is 1. The van der Waals surface area contributed by atoms with E-state index in [0.29, 0.717) is 6.61 Å². The Morgan fingerprint density at radius 1 is 1.35 bits per heavy atom. The molecule has 1 aliphatic heterocycles. The molecule has 0 saturated carbocycles. The molecule has 2 N–H and O–H groups in total. The van der Waals surface area contributed by atoms with Crippen LogP contribution in [0.5, 0.6) is 0 Å². The highest BCUT2D eigenvalue weighted by Gasteiger charge is 2.35. The molecule has 1 aromatic rings. The summed E-state index contributed by atoms with van der Waals surface area (Å²) in [5, 5.41) is 4.78. The number of hydrogen-bond acceptors (Lipinski definition) is 5. The van der Waals surface area contributed by atoms with Gasteiger partial charge in [-0.25, -0.2) is 22.0 Å². The van der Waals surface area contributed by atoms with Crippen molar-refractivity contribution >= 4 is 31.6 Å². The standard InChI is InChI=1S/C13H19ClN2O5S2/c1-13(6-3-7-21-13)9-16(2)23(19,20)10-4-5-12(11(14)8-10)22(15,17)18/h4-5,8H,3,6-7,9H2,1-2H3,(H2,15,17,18). The number of rotatable bonds is 5. The van der Waals surface area contributed by atoms with E-state index in [4.69, 9.17) is 21.5 Å². The topological polar surface area (TPSA) is 107 Å². The molecule has 130 valence electrons. The summed E-state index contributed by atoms with van der Waals surface area (Å²) in [5.41, 5.74) is -0.522. The summed E-state index contributed by atoms with van der Waals surface area (Å²) >= 11 is 5.86. The van der Waals surface area contributed by atoms with Gasteiger partial charge in [0.05, 0.1) is 15.5 Å². The molecule has 2 rings (SSSR count). The third kappa shape index (κ3) is 4.04. The van der Waals surface area contributed by atoms with Crippen LogP contribution in [0.1, 0.15) is 19.8 Å². The van der Waals surface area contributed by atoms with E-state index in [-0.39, 0.29) is 21.4 Å². The summed E-state index contributed by atoms with van der Waals surface area (Å²) < 4.78 is 54.7. The van der Waals surface area contributed by atoms with Crippen LogP contribution in [0, 0.1) is 0 Å². The van der Waals surface area contributed by atoms with Gasteiger partial charge in [-0.1, -0.05) is 11.6 Å². The van der Waals surface area contributed by atoms with Gasteiger partial charge >= 0.3 is 0 Å². The fourth-order valence-corrected chi connectivity index (χ4v) is 5.04. The molecule has 10 heteroatoms. The highest BCUT2D eigenvalue weighted by Crippen LogP contribution is 2.29. The van der Waals surface area contributed by atoms with Gasteiger partial charge in [-0.3, -0.25) is 0 Å². The summed E-state index contributed by atoms with van der Waals surface area (Å²) in [6.07, 6.45) is 1.66. The smallest absolute Gasteiger partial charge is 0.242 e. The molecule has 0 spiro atoms. The summed E-state index contributed by atoms with van der Waals surface area (Å²) in [4.78, 5) is -0.411. The van der Waals surface area contributed by atoms with Crippen molar-refractivity contribution in [2.75, 3.05) is 20.2 Å². The van der Waals surface area contributed by atoms with E-state index in [2.05, 4.69) is 0 Å². The fraction of sp³-hybridized carbons (Fsp3) is 0.538. The Kier molecular flexibility index (Phi) is 5.10. The van der Waals surface area contributed by atoms with E-state index in [9.17, 15) is 16.8 Å². The molecular formula is C13H19ClN2O5S2. The molecule has 0 aliphatic carbocycles. The molecule has 0 radical (unpaired) electrons. The third-order valence-electron chi connectivity index (χ3n) is 3.78. The van der Waals surface area contributed by atoms with Gasteiger partial charge in [-0.2, -0.15) is 4.31 Å². The lowest BCUT2D eigenvalue weighted by molar-refractivity contribution is 0.00965. The molecule has 7 nitrogen and oxygen atoms in total. The minimum Gasteiger partial charge on any atom is -0.374 e. The van der Waals surface area contributed by atoms with Crippen molar-refractivity contribution in [3.8, 4) is 0 Å². The van der Waals surface area contributed by atoms with Gasteiger partial charge in [0.25, 0.3) is 0 Å². The minimum absolute atomic E-state index is 0.0982. The largest absolute Gasteiger partial charge is 0.374 e. The molecule has 1 fully saturated rings. The Morgan fingerprint density at radius 3 is 2.48 bits per heavy atom. The van der Waals surface area contributed by atoms with E-state index in [1.54, 1.807) is 0 Å².